The summed E-state index contributed by atoms with van der Waals surface area (Å²) >= 11 is 2.09. The summed E-state index contributed by atoms with van der Waals surface area (Å²) in [4.78, 5) is 37.7. The lowest BCUT2D eigenvalue weighted by Crippen LogP contribution is -2.14. The molecule has 0 N–H and O–H groups in total. The highest BCUT2D eigenvalue weighted by molar-refractivity contribution is 14.1. The fourth-order valence-electron chi connectivity index (χ4n) is 7.68. The molecule has 0 fully saturated rings. The molecule has 0 aliphatic carbocycles. The van der Waals surface area contributed by atoms with Gasteiger partial charge in [-0.2, -0.15) is 8.40 Å². The maximum Gasteiger partial charge on any atom is 0.264 e. The highest BCUT2D eigenvalue weighted by atomic mass is 127. The molecule has 11 aromatic rings. The van der Waals surface area contributed by atoms with Crippen LogP contribution in [0.15, 0.2) is 107 Å². The van der Waals surface area contributed by atoms with Gasteiger partial charge in [0.2, 0.25) is 0 Å². The Morgan fingerprint density at radius 3 is 1.28 bits per heavy atom. The first-order chi connectivity index (χ1) is 23.0. The smallest absolute Gasteiger partial charge is 0.264 e. The van der Waals surface area contributed by atoms with Crippen molar-refractivity contribution in [1.29, 1.82) is 1.28 Å². The van der Waals surface area contributed by atoms with Gasteiger partial charge in [0.25, 0.3) is 11.1 Å². The molecular weight excluding hydrogens is 701 g/mol. The second kappa shape index (κ2) is 9.44. The van der Waals surface area contributed by atoms with E-state index in [1.54, 1.807) is 8.80 Å². The molecule has 1 unspecified atom stereocenters. The number of rotatable bonds is 1. The summed E-state index contributed by atoms with van der Waals surface area (Å²) in [6.07, 6.45) is 0. The summed E-state index contributed by atoms with van der Waals surface area (Å²) in [6, 6.07) is 32.1. The number of imidazole rings is 2. The van der Waals surface area contributed by atoms with Crippen molar-refractivity contribution in [1.82, 2.24) is 18.8 Å². The number of benzene rings is 7. The number of nitrogens with zero attached hydrogens (tertiary/aromatic N) is 4. The van der Waals surface area contributed by atoms with Gasteiger partial charge in [0, 0.05) is 37.8 Å². The van der Waals surface area contributed by atoms with Crippen LogP contribution in [0.4, 0.5) is 0 Å². The molecule has 0 amide bonds. The molecule has 7 aromatic carbocycles. The van der Waals surface area contributed by atoms with E-state index < -0.39 is 8.40 Å². The summed E-state index contributed by atoms with van der Waals surface area (Å²) in [5, 5.41) is 11.5. The van der Waals surface area contributed by atoms with Gasteiger partial charge in [-0.05, 0) is 80.8 Å². The van der Waals surface area contributed by atoms with Crippen LogP contribution >= 0.6 is 31.0 Å². The van der Waals surface area contributed by atoms with Crippen molar-refractivity contribution in [2.75, 3.05) is 4.17 Å². The van der Waals surface area contributed by atoms with Crippen molar-refractivity contribution in [3.8, 4) is 0 Å². The summed E-state index contributed by atoms with van der Waals surface area (Å²) in [5.74, 6) is 0. The minimum absolute atomic E-state index is 0.0598. The van der Waals surface area contributed by atoms with E-state index in [4.69, 9.17) is 18.8 Å². The Kier molecular flexibility index (Phi) is 5.24. The van der Waals surface area contributed by atoms with Crippen molar-refractivity contribution >= 4 is 137 Å². The quantitative estimate of drug-likeness (QED) is 0.0427. The second-order valence-electron chi connectivity index (χ2n) is 11.6. The van der Waals surface area contributed by atoms with E-state index in [1.807, 2.05) is 60.7 Å². The molecule has 0 aliphatic rings. The predicted octanol–water partition coefficient (Wildman–Crippen LogP) is 8.38. The van der Waals surface area contributed by atoms with E-state index in [2.05, 4.69) is 59.0 Å². The lowest BCUT2D eigenvalue weighted by Gasteiger charge is -2.18. The lowest BCUT2D eigenvalue weighted by molar-refractivity contribution is 1.19. The number of alkyl halides is 1. The maximum absolute atomic E-state index is 14.0. The molecule has 0 spiro atoms. The molecule has 4 aromatic heterocycles. The Morgan fingerprint density at radius 1 is 0.565 bits per heavy atom. The largest absolute Gasteiger partial charge is 0.268 e. The number of hydrogen-bond acceptors (Lipinski definition) is 4. The van der Waals surface area contributed by atoms with E-state index >= 15 is 0 Å². The van der Waals surface area contributed by atoms with Crippen LogP contribution in [0.5, 0.6) is 0 Å². The lowest BCUT2D eigenvalue weighted by atomic mass is 9.86. The highest BCUT2D eigenvalue weighted by Gasteiger charge is 2.23. The molecule has 2 radical (unpaired) electrons. The Hall–Kier alpha value is -4.66. The molecule has 1 atom stereocenters. The zero-order chi connectivity index (χ0) is 31.7. The van der Waals surface area contributed by atoms with Crippen molar-refractivity contribution < 1.29 is 0 Å². The van der Waals surface area contributed by atoms with Crippen LogP contribution in [-0.2, 0) is 0 Å². The van der Waals surface area contributed by atoms with Crippen LogP contribution in [0.3, 0.4) is 0 Å². The minimum atomic E-state index is -0.862. The first-order valence-electron chi connectivity index (χ1n) is 15.2. The Labute approximate surface area is 277 Å². The third kappa shape index (κ3) is 3.21. The fraction of sp³-hybridized carbons (Fsp3) is 0.0270. The molecule has 46 heavy (non-hydrogen) atoms. The molecule has 11 rings (SSSR count). The van der Waals surface area contributed by atoms with Crippen LogP contribution in [0.1, 0.15) is 0 Å². The third-order valence-corrected chi connectivity index (χ3v) is 10.8. The minimum Gasteiger partial charge on any atom is -0.268 e. The van der Waals surface area contributed by atoms with Gasteiger partial charge in [0.05, 0.1) is 22.1 Å². The standard InChI is InChI=1S/C36H16N4O2.CH3BIP/c41-35-23-15-11-19-18-10-14-22-32-24(36(42)40-28-8-4-2-6-26(28)38-34(22)40)16-12-20(30(18)32)17-9-13-21(31(23)29(17)19)33-37-25-5-1-3-7-27(25)39(33)35;2-4-1-3/h1-16H;4H,1H2/i;4T. The Morgan fingerprint density at radius 2 is 0.891 bits per heavy atom. The maximum atomic E-state index is 14.0. The van der Waals surface area contributed by atoms with E-state index in [1.165, 1.54) is 0 Å². The average Bonchev–Trinajstić information content (AvgIpc) is 3.69. The molecule has 6 nitrogen and oxygen atoms in total. The first kappa shape index (κ1) is 25.5. The summed E-state index contributed by atoms with van der Waals surface area (Å²) < 4.78 is 10.9. The third-order valence-electron chi connectivity index (χ3n) is 9.44. The van der Waals surface area contributed by atoms with Crippen LogP contribution in [0, 0.1) is 0 Å². The molecule has 0 saturated heterocycles. The van der Waals surface area contributed by atoms with Gasteiger partial charge in [-0.15, -0.1) is 0 Å². The van der Waals surface area contributed by atoms with Gasteiger partial charge in [-0.25, -0.2) is 9.97 Å². The zero-order valence-corrected chi connectivity index (χ0v) is 27.0. The SMILES string of the molecule is O=c1c2ccc3c4ccc5c6c(ccc(c7ccc(c2c37)c2nc3ccccc3n12)c46)c(=O)n1c2ccccc2nc51.[3H]P([B])CI. The summed E-state index contributed by atoms with van der Waals surface area (Å²) in [5.41, 5.74) is 4.48. The molecule has 9 heteroatoms. The van der Waals surface area contributed by atoms with Gasteiger partial charge >= 0.3 is 0 Å². The number of halogens is 1. The molecule has 0 bridgehead atoms. The molecule has 0 saturated carbocycles. The van der Waals surface area contributed by atoms with Crippen LogP contribution < -0.4 is 11.1 Å². The number of fused-ring (bicyclic) bond motifs is 10. The monoisotopic (exact) mass is 722 g/mol. The predicted molar refractivity (Wildman–Crippen MR) is 203 cm³/mol. The van der Waals surface area contributed by atoms with Crippen molar-refractivity contribution in [3.05, 3.63) is 118 Å². The number of aromatic nitrogens is 4. The fourth-order valence-corrected chi connectivity index (χ4v) is 7.68. The Balaban J connectivity index is 0.000000534. The van der Waals surface area contributed by atoms with Gasteiger partial charge in [0.1, 0.15) is 18.9 Å². The van der Waals surface area contributed by atoms with Crippen molar-refractivity contribution in [2.24, 2.45) is 0 Å². The topological polar surface area (TPSA) is 68.7 Å². The van der Waals surface area contributed by atoms with Crippen molar-refractivity contribution in [3.63, 3.8) is 0 Å². The number of para-hydroxylation sites is 4. The molecular formula is C37H19BIN4O2P. The second-order valence-corrected chi connectivity index (χ2v) is 14.2. The molecule has 0 aliphatic heterocycles. The van der Waals surface area contributed by atoms with E-state index in [0.717, 1.165) is 80.1 Å². The van der Waals surface area contributed by atoms with Gasteiger partial charge in [-0.1, -0.05) is 71.1 Å². The normalized spacial score (nSPS) is 13.5. The van der Waals surface area contributed by atoms with Crippen molar-refractivity contribution in [2.45, 2.75) is 0 Å². The number of hydrogen-bond donors (Lipinski definition) is 0. The van der Waals surface area contributed by atoms with Gasteiger partial charge in [0.15, 0.2) is 0 Å². The number of pyridine rings is 2. The first-order valence-corrected chi connectivity index (χ1v) is 17.5. The van der Waals surface area contributed by atoms with Crippen LogP contribution in [0.2, 0.25) is 0 Å². The van der Waals surface area contributed by atoms with Crippen LogP contribution in [0.25, 0.3) is 98.0 Å². The van der Waals surface area contributed by atoms with Gasteiger partial charge < -0.3 is 0 Å². The molecule has 214 valence electrons. The summed E-state index contributed by atoms with van der Waals surface area (Å²) in [6.45, 7) is 0. The Bertz CT molecular complexity index is 2980. The van der Waals surface area contributed by atoms with Crippen LogP contribution in [-0.4, -0.2) is 31.8 Å². The zero-order valence-electron chi connectivity index (χ0n) is 25.0. The highest BCUT2D eigenvalue weighted by Crippen LogP contribution is 2.45. The van der Waals surface area contributed by atoms with E-state index in [9.17, 15) is 9.59 Å². The van der Waals surface area contributed by atoms with Gasteiger partial charge in [-0.3, -0.25) is 18.4 Å². The molecule has 4 heterocycles. The average molecular weight is 722 g/mol. The van der Waals surface area contributed by atoms with E-state index in [-0.39, 0.29) is 11.1 Å². The van der Waals surface area contributed by atoms with E-state index in [0.29, 0.717) is 22.1 Å². The summed E-state index contributed by atoms with van der Waals surface area (Å²) in [7, 11) is 4.15.